The average Bonchev–Trinajstić information content (AvgIpc) is 3.02. The van der Waals surface area contributed by atoms with Crippen LogP contribution in [0.25, 0.3) is 0 Å². The van der Waals surface area contributed by atoms with Crippen LogP contribution in [0.15, 0.2) is 24.3 Å². The molecular weight excluding hydrogens is 344 g/mol. The standard InChI is InChI=1S/C21H28N2O4/c1-20(2,26)17-5-3-14(4-6-17)15-7-9-23(10-8-15)18(24)16-11-21(12-16)13-27-19(25)22-21/h3-6,15-16,26H,7-13H2,1-2H3,(H,22,25). The molecule has 1 aliphatic carbocycles. The SMILES string of the molecule is CC(C)(O)c1ccc(C2CCN(C(=O)C3CC4(COC(=O)N4)C3)CC2)cc1. The fourth-order valence-corrected chi connectivity index (χ4v) is 4.62. The summed E-state index contributed by atoms with van der Waals surface area (Å²) in [6.45, 7) is 5.53. The number of nitrogens with zero attached hydrogens (tertiary/aromatic N) is 1. The maximum absolute atomic E-state index is 12.7. The van der Waals surface area contributed by atoms with Gasteiger partial charge in [-0.1, -0.05) is 24.3 Å². The predicted molar refractivity (Wildman–Crippen MR) is 100 cm³/mol. The van der Waals surface area contributed by atoms with Crippen molar-refractivity contribution in [2.24, 2.45) is 5.92 Å². The number of rotatable bonds is 3. The fourth-order valence-electron chi connectivity index (χ4n) is 4.62. The maximum Gasteiger partial charge on any atom is 0.407 e. The van der Waals surface area contributed by atoms with Crippen LogP contribution in [-0.2, 0) is 15.1 Å². The van der Waals surface area contributed by atoms with Crippen LogP contribution in [0.4, 0.5) is 4.79 Å². The summed E-state index contributed by atoms with van der Waals surface area (Å²) in [6.07, 6.45) is 2.94. The van der Waals surface area contributed by atoms with Crippen molar-refractivity contribution in [3.8, 4) is 0 Å². The van der Waals surface area contributed by atoms with E-state index in [1.165, 1.54) is 5.56 Å². The van der Waals surface area contributed by atoms with Crippen molar-refractivity contribution in [1.29, 1.82) is 0 Å². The second-order valence-corrected chi connectivity index (χ2v) is 8.87. The van der Waals surface area contributed by atoms with Crippen LogP contribution in [0, 0.1) is 5.92 Å². The molecule has 1 aromatic carbocycles. The van der Waals surface area contributed by atoms with Gasteiger partial charge in [0.1, 0.15) is 6.61 Å². The van der Waals surface area contributed by atoms with Gasteiger partial charge < -0.3 is 20.1 Å². The number of hydrogen-bond donors (Lipinski definition) is 2. The van der Waals surface area contributed by atoms with Crippen LogP contribution in [0.2, 0.25) is 0 Å². The molecule has 3 fully saturated rings. The number of likely N-dealkylation sites (tertiary alicyclic amines) is 1. The molecule has 0 atom stereocenters. The van der Waals surface area contributed by atoms with E-state index in [1.807, 2.05) is 17.0 Å². The number of carbonyl (C=O) groups excluding carboxylic acids is 2. The normalized spacial score (nSPS) is 28.6. The molecule has 1 saturated carbocycles. The molecule has 27 heavy (non-hydrogen) atoms. The van der Waals surface area contributed by atoms with E-state index in [0.29, 0.717) is 25.4 Å². The quantitative estimate of drug-likeness (QED) is 0.855. The summed E-state index contributed by atoms with van der Waals surface area (Å²) in [7, 11) is 0. The van der Waals surface area contributed by atoms with Gasteiger partial charge in [-0.05, 0) is 56.6 Å². The molecule has 2 heterocycles. The first kappa shape index (κ1) is 18.3. The largest absolute Gasteiger partial charge is 0.447 e. The Morgan fingerprint density at radius 3 is 2.37 bits per heavy atom. The molecule has 2 amide bonds. The predicted octanol–water partition coefficient (Wildman–Crippen LogP) is 2.51. The number of amides is 2. The van der Waals surface area contributed by atoms with E-state index >= 15 is 0 Å². The smallest absolute Gasteiger partial charge is 0.407 e. The zero-order chi connectivity index (χ0) is 19.2. The highest BCUT2D eigenvalue weighted by Crippen LogP contribution is 2.42. The summed E-state index contributed by atoms with van der Waals surface area (Å²) in [5.41, 5.74) is 1.08. The Hall–Kier alpha value is -2.08. The van der Waals surface area contributed by atoms with E-state index in [2.05, 4.69) is 17.4 Å². The maximum atomic E-state index is 12.7. The van der Waals surface area contributed by atoms with Crippen molar-refractivity contribution >= 4 is 12.0 Å². The minimum Gasteiger partial charge on any atom is -0.447 e. The highest BCUT2D eigenvalue weighted by atomic mass is 16.6. The van der Waals surface area contributed by atoms with Gasteiger partial charge in [-0.3, -0.25) is 4.79 Å². The number of hydrogen-bond acceptors (Lipinski definition) is 4. The van der Waals surface area contributed by atoms with Crippen LogP contribution in [0.5, 0.6) is 0 Å². The molecule has 0 unspecified atom stereocenters. The van der Waals surface area contributed by atoms with Crippen molar-refractivity contribution in [3.05, 3.63) is 35.4 Å². The first-order valence-corrected chi connectivity index (χ1v) is 9.82. The molecule has 2 aliphatic heterocycles. The van der Waals surface area contributed by atoms with E-state index < -0.39 is 5.60 Å². The van der Waals surface area contributed by atoms with Gasteiger partial charge in [0, 0.05) is 19.0 Å². The third kappa shape index (κ3) is 3.55. The van der Waals surface area contributed by atoms with E-state index in [0.717, 1.165) is 31.5 Å². The number of nitrogens with one attached hydrogen (secondary N) is 1. The summed E-state index contributed by atoms with van der Waals surface area (Å²) in [6, 6.07) is 8.21. The van der Waals surface area contributed by atoms with E-state index in [-0.39, 0.29) is 23.5 Å². The topological polar surface area (TPSA) is 78.9 Å². The lowest BCUT2D eigenvalue weighted by Crippen LogP contribution is -2.58. The van der Waals surface area contributed by atoms with E-state index in [4.69, 9.17) is 4.74 Å². The van der Waals surface area contributed by atoms with Gasteiger partial charge in [-0.15, -0.1) is 0 Å². The average molecular weight is 372 g/mol. The van der Waals surface area contributed by atoms with Crippen LogP contribution in [0.1, 0.15) is 56.6 Å². The van der Waals surface area contributed by atoms with E-state index in [1.54, 1.807) is 13.8 Å². The Morgan fingerprint density at radius 1 is 1.22 bits per heavy atom. The Labute approximate surface area is 159 Å². The van der Waals surface area contributed by atoms with Crippen LogP contribution in [-0.4, -0.2) is 47.2 Å². The second-order valence-electron chi connectivity index (χ2n) is 8.87. The first-order chi connectivity index (χ1) is 12.8. The Bertz CT molecular complexity index is 724. The van der Waals surface area contributed by atoms with Crippen LogP contribution < -0.4 is 5.32 Å². The third-order valence-corrected chi connectivity index (χ3v) is 6.37. The highest BCUT2D eigenvalue weighted by Gasteiger charge is 2.53. The summed E-state index contributed by atoms with van der Waals surface area (Å²) in [5.74, 6) is 0.687. The van der Waals surface area contributed by atoms with Crippen LogP contribution in [0.3, 0.4) is 0 Å². The van der Waals surface area contributed by atoms with Gasteiger partial charge in [0.25, 0.3) is 0 Å². The molecule has 1 spiro atoms. The van der Waals surface area contributed by atoms with Gasteiger partial charge in [0.15, 0.2) is 0 Å². The first-order valence-electron chi connectivity index (χ1n) is 9.82. The number of cyclic esters (lactones) is 1. The van der Waals surface area contributed by atoms with Crippen LogP contribution >= 0.6 is 0 Å². The second kappa shape index (κ2) is 6.51. The lowest BCUT2D eigenvalue weighted by atomic mass is 9.68. The molecule has 2 N–H and O–H groups in total. The molecule has 0 radical (unpaired) electrons. The van der Waals surface area contributed by atoms with Gasteiger partial charge in [0.2, 0.25) is 5.91 Å². The van der Waals surface area contributed by atoms with Gasteiger partial charge in [0.05, 0.1) is 11.1 Å². The molecular formula is C21H28N2O4. The number of carbonyl (C=O) groups is 2. The Balaban J connectivity index is 1.29. The number of benzene rings is 1. The molecule has 4 rings (SSSR count). The molecule has 6 heteroatoms. The molecule has 146 valence electrons. The van der Waals surface area contributed by atoms with Crippen molar-refractivity contribution in [3.63, 3.8) is 0 Å². The third-order valence-electron chi connectivity index (χ3n) is 6.37. The number of piperidine rings is 1. The van der Waals surface area contributed by atoms with E-state index in [9.17, 15) is 14.7 Å². The zero-order valence-corrected chi connectivity index (χ0v) is 16.0. The summed E-state index contributed by atoms with van der Waals surface area (Å²) < 4.78 is 4.99. The molecule has 0 aromatic heterocycles. The number of ether oxygens (including phenoxy) is 1. The number of aliphatic hydroxyl groups is 1. The summed E-state index contributed by atoms with van der Waals surface area (Å²) in [5, 5.41) is 12.9. The lowest BCUT2D eigenvalue weighted by Gasteiger charge is -2.45. The Morgan fingerprint density at radius 2 is 1.85 bits per heavy atom. The lowest BCUT2D eigenvalue weighted by molar-refractivity contribution is -0.142. The monoisotopic (exact) mass is 372 g/mol. The van der Waals surface area contributed by atoms with Gasteiger partial charge in [-0.25, -0.2) is 4.79 Å². The molecule has 6 nitrogen and oxygen atoms in total. The van der Waals surface area contributed by atoms with Crippen molar-refractivity contribution in [2.45, 2.75) is 56.6 Å². The fraction of sp³-hybridized carbons (Fsp3) is 0.619. The summed E-state index contributed by atoms with van der Waals surface area (Å²) in [4.78, 5) is 26.0. The van der Waals surface area contributed by atoms with Gasteiger partial charge in [-0.2, -0.15) is 0 Å². The molecule has 0 bridgehead atoms. The van der Waals surface area contributed by atoms with Gasteiger partial charge >= 0.3 is 6.09 Å². The number of alkyl carbamates (subject to hydrolysis) is 1. The van der Waals surface area contributed by atoms with Crippen molar-refractivity contribution in [1.82, 2.24) is 10.2 Å². The molecule has 2 saturated heterocycles. The van der Waals surface area contributed by atoms with Crippen molar-refractivity contribution in [2.75, 3.05) is 19.7 Å². The molecule has 3 aliphatic rings. The molecule has 1 aromatic rings. The zero-order valence-electron chi connectivity index (χ0n) is 16.0. The Kier molecular flexibility index (Phi) is 4.41. The minimum absolute atomic E-state index is 0.00891. The minimum atomic E-state index is -0.821. The highest BCUT2D eigenvalue weighted by molar-refractivity contribution is 5.81. The van der Waals surface area contributed by atoms with Crippen molar-refractivity contribution < 1.29 is 19.4 Å². The summed E-state index contributed by atoms with van der Waals surface area (Å²) >= 11 is 0.